The summed E-state index contributed by atoms with van der Waals surface area (Å²) < 4.78 is 0.724. The van der Waals surface area contributed by atoms with Gasteiger partial charge in [0.15, 0.2) is 5.52 Å². The zero-order chi connectivity index (χ0) is 14.9. The topological polar surface area (TPSA) is 111 Å². The number of thiazole rings is 1. The second-order valence-electron chi connectivity index (χ2n) is 4.69. The predicted octanol–water partition coefficient (Wildman–Crippen LogP) is 2.13. The van der Waals surface area contributed by atoms with Crippen molar-refractivity contribution in [3.05, 3.63) is 27.8 Å². The Bertz CT molecular complexity index is 668. The van der Waals surface area contributed by atoms with Crippen molar-refractivity contribution in [2.24, 2.45) is 11.7 Å². The number of hydrogen-bond acceptors (Lipinski definition) is 6. The quantitative estimate of drug-likeness (QED) is 0.648. The van der Waals surface area contributed by atoms with E-state index in [1.807, 2.05) is 13.8 Å². The first-order valence-corrected chi connectivity index (χ1v) is 6.86. The molecule has 0 fully saturated rings. The Balaban J connectivity index is 2.50. The van der Waals surface area contributed by atoms with Gasteiger partial charge < -0.3 is 11.1 Å². The monoisotopic (exact) mass is 294 g/mol. The SMILES string of the molecule is CC(C)C(Nc1ccc2scnc2c1[N+](=O)[O-])C(N)=O. The van der Waals surface area contributed by atoms with Gasteiger partial charge in [0.1, 0.15) is 11.7 Å². The Morgan fingerprint density at radius 3 is 2.75 bits per heavy atom. The van der Waals surface area contributed by atoms with Crippen LogP contribution in [0.5, 0.6) is 0 Å². The lowest BCUT2D eigenvalue weighted by Gasteiger charge is -2.20. The minimum Gasteiger partial charge on any atom is -0.368 e. The summed E-state index contributed by atoms with van der Waals surface area (Å²) in [4.78, 5) is 26.2. The molecule has 7 nitrogen and oxygen atoms in total. The molecule has 1 heterocycles. The second kappa shape index (κ2) is 5.41. The highest BCUT2D eigenvalue weighted by Crippen LogP contribution is 2.35. The Labute approximate surface area is 119 Å². The summed E-state index contributed by atoms with van der Waals surface area (Å²) in [5, 5.41) is 14.1. The van der Waals surface area contributed by atoms with Crippen molar-refractivity contribution < 1.29 is 9.72 Å². The van der Waals surface area contributed by atoms with Gasteiger partial charge in [-0.15, -0.1) is 11.3 Å². The van der Waals surface area contributed by atoms with Gasteiger partial charge in [0.25, 0.3) is 0 Å². The zero-order valence-corrected chi connectivity index (χ0v) is 11.8. The van der Waals surface area contributed by atoms with Crippen LogP contribution in [0.4, 0.5) is 11.4 Å². The highest BCUT2D eigenvalue weighted by Gasteiger charge is 2.26. The molecule has 106 valence electrons. The number of nitro groups is 1. The van der Waals surface area contributed by atoms with E-state index in [1.165, 1.54) is 11.3 Å². The Hall–Kier alpha value is -2.22. The van der Waals surface area contributed by atoms with E-state index in [9.17, 15) is 14.9 Å². The number of nitro benzene ring substituents is 1. The summed E-state index contributed by atoms with van der Waals surface area (Å²) in [5.41, 5.74) is 7.31. The van der Waals surface area contributed by atoms with Gasteiger partial charge in [0.05, 0.1) is 15.1 Å². The molecule has 0 radical (unpaired) electrons. The van der Waals surface area contributed by atoms with Crippen molar-refractivity contribution in [1.82, 2.24) is 4.98 Å². The molecule has 0 aliphatic heterocycles. The van der Waals surface area contributed by atoms with E-state index in [0.717, 1.165) is 4.70 Å². The summed E-state index contributed by atoms with van der Waals surface area (Å²) >= 11 is 1.32. The highest BCUT2D eigenvalue weighted by molar-refractivity contribution is 7.16. The Kier molecular flexibility index (Phi) is 3.84. The number of nitrogens with one attached hydrogen (secondary N) is 1. The van der Waals surface area contributed by atoms with Gasteiger partial charge in [-0.2, -0.15) is 0 Å². The zero-order valence-electron chi connectivity index (χ0n) is 11.0. The van der Waals surface area contributed by atoms with Crippen LogP contribution in [0.25, 0.3) is 10.2 Å². The fraction of sp³-hybridized carbons (Fsp3) is 0.333. The third kappa shape index (κ3) is 2.55. The van der Waals surface area contributed by atoms with E-state index >= 15 is 0 Å². The summed E-state index contributed by atoms with van der Waals surface area (Å²) in [5.74, 6) is -0.633. The van der Waals surface area contributed by atoms with Crippen LogP contribution in [0, 0.1) is 16.0 Å². The molecule has 3 N–H and O–H groups in total. The molecule has 1 aromatic heterocycles. The number of nitrogens with zero attached hydrogens (tertiary/aromatic N) is 2. The van der Waals surface area contributed by atoms with Crippen molar-refractivity contribution in [2.45, 2.75) is 19.9 Å². The van der Waals surface area contributed by atoms with Gasteiger partial charge in [-0.05, 0) is 18.1 Å². The number of benzene rings is 1. The van der Waals surface area contributed by atoms with E-state index in [2.05, 4.69) is 10.3 Å². The fourth-order valence-electron chi connectivity index (χ4n) is 1.95. The van der Waals surface area contributed by atoms with Crippen LogP contribution >= 0.6 is 11.3 Å². The third-order valence-electron chi connectivity index (χ3n) is 2.94. The number of carbonyl (C=O) groups excluding carboxylic acids is 1. The average Bonchev–Trinajstić information content (AvgIpc) is 2.81. The number of hydrogen-bond donors (Lipinski definition) is 2. The number of fused-ring (bicyclic) bond motifs is 1. The smallest absolute Gasteiger partial charge is 0.319 e. The molecule has 0 spiro atoms. The molecule has 0 aliphatic rings. The Morgan fingerprint density at radius 1 is 1.50 bits per heavy atom. The Morgan fingerprint density at radius 2 is 2.20 bits per heavy atom. The maximum absolute atomic E-state index is 11.4. The lowest BCUT2D eigenvalue weighted by molar-refractivity contribution is -0.382. The molecule has 2 rings (SSSR count). The number of nitrogens with two attached hydrogens (primary N) is 1. The van der Waals surface area contributed by atoms with Gasteiger partial charge in [0, 0.05) is 0 Å². The van der Waals surface area contributed by atoms with Gasteiger partial charge >= 0.3 is 5.69 Å². The average molecular weight is 294 g/mol. The molecule has 0 saturated carbocycles. The molecule has 2 aromatic rings. The first-order valence-electron chi connectivity index (χ1n) is 5.98. The largest absolute Gasteiger partial charge is 0.368 e. The fourth-order valence-corrected chi connectivity index (χ4v) is 2.63. The minimum absolute atomic E-state index is 0.0850. The van der Waals surface area contributed by atoms with Crippen LogP contribution < -0.4 is 11.1 Å². The van der Waals surface area contributed by atoms with Crippen molar-refractivity contribution >= 4 is 38.8 Å². The minimum atomic E-state index is -0.676. The maximum Gasteiger partial charge on any atom is 0.319 e. The molecule has 1 aromatic carbocycles. The molecule has 1 atom stereocenters. The molecule has 8 heteroatoms. The van der Waals surface area contributed by atoms with Crippen LogP contribution in [0.2, 0.25) is 0 Å². The molecular formula is C12H14N4O3S. The van der Waals surface area contributed by atoms with E-state index in [0.29, 0.717) is 5.52 Å². The van der Waals surface area contributed by atoms with Crippen molar-refractivity contribution in [3.63, 3.8) is 0 Å². The van der Waals surface area contributed by atoms with E-state index in [-0.39, 0.29) is 17.3 Å². The lowest BCUT2D eigenvalue weighted by atomic mass is 10.0. The summed E-state index contributed by atoms with van der Waals surface area (Å²) in [6.07, 6.45) is 0. The van der Waals surface area contributed by atoms with Gasteiger partial charge in [-0.3, -0.25) is 14.9 Å². The van der Waals surface area contributed by atoms with Crippen LogP contribution in [-0.4, -0.2) is 21.9 Å². The number of rotatable bonds is 5. The number of amides is 1. The van der Waals surface area contributed by atoms with E-state index in [1.54, 1.807) is 17.6 Å². The van der Waals surface area contributed by atoms with Crippen LogP contribution in [0.1, 0.15) is 13.8 Å². The van der Waals surface area contributed by atoms with Gasteiger partial charge in [-0.25, -0.2) is 4.98 Å². The maximum atomic E-state index is 11.4. The van der Waals surface area contributed by atoms with Crippen LogP contribution in [-0.2, 0) is 4.79 Å². The van der Waals surface area contributed by atoms with Crippen molar-refractivity contribution in [3.8, 4) is 0 Å². The number of aromatic nitrogens is 1. The molecular weight excluding hydrogens is 280 g/mol. The van der Waals surface area contributed by atoms with Crippen LogP contribution in [0.3, 0.4) is 0 Å². The predicted molar refractivity (Wildman–Crippen MR) is 77.7 cm³/mol. The first-order chi connectivity index (χ1) is 9.41. The van der Waals surface area contributed by atoms with Crippen LogP contribution in [0.15, 0.2) is 17.6 Å². The number of carbonyl (C=O) groups is 1. The first kappa shape index (κ1) is 14.2. The van der Waals surface area contributed by atoms with E-state index < -0.39 is 16.9 Å². The summed E-state index contributed by atoms with van der Waals surface area (Å²) in [7, 11) is 0. The standard InChI is InChI=1S/C12H14N4O3S/c1-6(2)9(12(13)17)15-7-3-4-8-10(14-5-20-8)11(7)16(18)19/h3-6,9,15H,1-2H3,(H2,13,17). The van der Waals surface area contributed by atoms with Crippen molar-refractivity contribution in [2.75, 3.05) is 5.32 Å². The normalized spacial score (nSPS) is 12.6. The number of primary amides is 1. The number of anilines is 1. The van der Waals surface area contributed by atoms with Crippen molar-refractivity contribution in [1.29, 1.82) is 0 Å². The molecule has 1 unspecified atom stereocenters. The molecule has 0 aliphatic carbocycles. The molecule has 20 heavy (non-hydrogen) atoms. The third-order valence-corrected chi connectivity index (χ3v) is 3.74. The second-order valence-corrected chi connectivity index (χ2v) is 5.57. The molecule has 1 amide bonds. The molecule has 0 bridgehead atoms. The lowest BCUT2D eigenvalue weighted by Crippen LogP contribution is -2.39. The van der Waals surface area contributed by atoms with Gasteiger partial charge in [0.2, 0.25) is 5.91 Å². The van der Waals surface area contributed by atoms with E-state index in [4.69, 9.17) is 5.73 Å². The summed E-state index contributed by atoms with van der Waals surface area (Å²) in [6.45, 7) is 3.63. The molecule has 0 saturated heterocycles. The highest BCUT2D eigenvalue weighted by atomic mass is 32.1. The van der Waals surface area contributed by atoms with Gasteiger partial charge in [-0.1, -0.05) is 13.8 Å². The summed E-state index contributed by atoms with van der Waals surface area (Å²) in [6, 6.07) is 2.64.